The van der Waals surface area contributed by atoms with Gasteiger partial charge in [-0.3, -0.25) is 14.6 Å². The fourth-order valence-electron chi connectivity index (χ4n) is 2.31. The van der Waals surface area contributed by atoms with E-state index >= 15 is 0 Å². The molecule has 0 saturated heterocycles. The summed E-state index contributed by atoms with van der Waals surface area (Å²) in [6.07, 6.45) is 1.35. The van der Waals surface area contributed by atoms with Crippen LogP contribution in [0.15, 0.2) is 30.5 Å². The molecule has 0 aliphatic heterocycles. The molecule has 2 amide bonds. The number of para-hydroxylation sites is 2. The van der Waals surface area contributed by atoms with Crippen molar-refractivity contribution in [2.24, 2.45) is 5.92 Å². The van der Waals surface area contributed by atoms with E-state index < -0.39 is 29.9 Å². The van der Waals surface area contributed by atoms with Crippen molar-refractivity contribution in [2.45, 2.75) is 32.9 Å². The van der Waals surface area contributed by atoms with E-state index in [1.165, 1.54) is 20.2 Å². The molecule has 2 rings (SSSR count). The van der Waals surface area contributed by atoms with Crippen molar-refractivity contribution in [3.05, 3.63) is 36.2 Å². The van der Waals surface area contributed by atoms with Crippen molar-refractivity contribution < 1.29 is 19.1 Å². The van der Waals surface area contributed by atoms with Gasteiger partial charge in [-0.05, 0) is 25.0 Å². The molecule has 0 aliphatic carbocycles. The Kier molecular flexibility index (Phi) is 6.21. The summed E-state index contributed by atoms with van der Waals surface area (Å²) in [6.45, 7) is 5.10. The molecule has 0 aliphatic rings. The van der Waals surface area contributed by atoms with E-state index in [-0.39, 0.29) is 11.6 Å². The molecule has 2 aromatic rings. The number of nitrogens with one attached hydrogen (secondary N) is 2. The summed E-state index contributed by atoms with van der Waals surface area (Å²) in [6, 6.07) is 5.52. The first-order valence-electron chi connectivity index (χ1n) is 8.24. The number of aromatic nitrogens is 2. The van der Waals surface area contributed by atoms with E-state index in [0.29, 0.717) is 11.0 Å². The Labute approximate surface area is 151 Å². The zero-order chi connectivity index (χ0) is 19.3. The summed E-state index contributed by atoms with van der Waals surface area (Å²) in [5.74, 6) is -1.70. The molecule has 0 spiro atoms. The Morgan fingerprint density at radius 2 is 1.69 bits per heavy atom. The second-order valence-electron chi connectivity index (χ2n) is 6.19. The van der Waals surface area contributed by atoms with Crippen LogP contribution in [0, 0.1) is 5.92 Å². The summed E-state index contributed by atoms with van der Waals surface area (Å²) >= 11 is 0. The van der Waals surface area contributed by atoms with Crippen molar-refractivity contribution in [2.75, 3.05) is 7.11 Å². The molecule has 2 N–H and O–H groups in total. The number of methoxy groups -OCH3 is 1. The standard InChI is InChI=1S/C18H22N4O4/c1-10(2)15(18(25)26-4)22-16(23)11(3)20-17(24)14-9-19-12-7-5-6-8-13(12)21-14/h5-11,15H,1-4H3,(H,20,24)(H,22,23)/t11-,15-/m1/s1. The SMILES string of the molecule is COC(=O)[C@H](NC(=O)[C@@H](C)NC(=O)c1cnc2ccccc2n1)C(C)C. The van der Waals surface area contributed by atoms with E-state index in [9.17, 15) is 14.4 Å². The van der Waals surface area contributed by atoms with Crippen LogP contribution in [-0.2, 0) is 14.3 Å². The van der Waals surface area contributed by atoms with Gasteiger partial charge in [0.05, 0.1) is 24.3 Å². The summed E-state index contributed by atoms with van der Waals surface area (Å²) in [7, 11) is 1.26. The third-order valence-electron chi connectivity index (χ3n) is 3.84. The molecule has 1 aromatic heterocycles. The Morgan fingerprint density at radius 3 is 2.31 bits per heavy atom. The van der Waals surface area contributed by atoms with Crippen molar-refractivity contribution in [3.63, 3.8) is 0 Å². The number of carbonyl (C=O) groups is 3. The van der Waals surface area contributed by atoms with Gasteiger partial charge >= 0.3 is 5.97 Å². The first-order valence-corrected chi connectivity index (χ1v) is 8.24. The van der Waals surface area contributed by atoms with Gasteiger partial charge in [-0.25, -0.2) is 9.78 Å². The smallest absolute Gasteiger partial charge is 0.328 e. The van der Waals surface area contributed by atoms with Crippen LogP contribution in [-0.4, -0.2) is 46.9 Å². The van der Waals surface area contributed by atoms with Gasteiger partial charge in [0, 0.05) is 0 Å². The minimum atomic E-state index is -0.860. The Bertz CT molecular complexity index is 822. The summed E-state index contributed by atoms with van der Waals surface area (Å²) in [5.41, 5.74) is 1.37. The number of nitrogens with zero attached hydrogens (tertiary/aromatic N) is 2. The third kappa shape index (κ3) is 4.53. The molecular weight excluding hydrogens is 336 g/mol. The van der Waals surface area contributed by atoms with Gasteiger partial charge in [0.25, 0.3) is 5.91 Å². The van der Waals surface area contributed by atoms with E-state index in [2.05, 4.69) is 25.3 Å². The molecule has 8 nitrogen and oxygen atoms in total. The quantitative estimate of drug-likeness (QED) is 0.747. The lowest BCUT2D eigenvalue weighted by molar-refractivity contribution is -0.146. The van der Waals surface area contributed by atoms with Crippen molar-refractivity contribution in [1.82, 2.24) is 20.6 Å². The fourth-order valence-corrected chi connectivity index (χ4v) is 2.31. The van der Waals surface area contributed by atoms with Gasteiger partial charge < -0.3 is 15.4 Å². The molecule has 26 heavy (non-hydrogen) atoms. The molecule has 2 atom stereocenters. The second kappa shape index (κ2) is 8.37. The van der Waals surface area contributed by atoms with Crippen LogP contribution in [0.5, 0.6) is 0 Å². The van der Waals surface area contributed by atoms with Crippen LogP contribution >= 0.6 is 0 Å². The van der Waals surface area contributed by atoms with Crippen LogP contribution in [0.2, 0.25) is 0 Å². The number of fused-ring (bicyclic) bond motifs is 1. The van der Waals surface area contributed by atoms with Crippen LogP contribution < -0.4 is 10.6 Å². The van der Waals surface area contributed by atoms with Gasteiger partial charge in [0.1, 0.15) is 17.8 Å². The molecule has 0 fully saturated rings. The third-order valence-corrected chi connectivity index (χ3v) is 3.84. The predicted octanol–water partition coefficient (Wildman–Crippen LogP) is 1.06. The highest BCUT2D eigenvalue weighted by Gasteiger charge is 2.27. The summed E-state index contributed by atoms with van der Waals surface area (Å²) < 4.78 is 4.69. The maximum Gasteiger partial charge on any atom is 0.328 e. The highest BCUT2D eigenvalue weighted by Crippen LogP contribution is 2.09. The van der Waals surface area contributed by atoms with Crippen molar-refractivity contribution in [3.8, 4) is 0 Å². The zero-order valence-electron chi connectivity index (χ0n) is 15.1. The largest absolute Gasteiger partial charge is 0.467 e. The molecule has 1 heterocycles. The number of benzene rings is 1. The van der Waals surface area contributed by atoms with Crippen molar-refractivity contribution >= 4 is 28.8 Å². The monoisotopic (exact) mass is 358 g/mol. The van der Waals surface area contributed by atoms with Crippen LogP contribution in [0.3, 0.4) is 0 Å². The average molecular weight is 358 g/mol. The zero-order valence-corrected chi connectivity index (χ0v) is 15.1. The first kappa shape index (κ1) is 19.3. The van der Waals surface area contributed by atoms with E-state index in [4.69, 9.17) is 0 Å². The molecule has 0 unspecified atom stereocenters. The van der Waals surface area contributed by atoms with Crippen molar-refractivity contribution in [1.29, 1.82) is 0 Å². The maximum atomic E-state index is 12.3. The number of rotatable bonds is 6. The molecule has 0 bridgehead atoms. The molecule has 8 heteroatoms. The Hall–Kier alpha value is -3.03. The molecule has 138 valence electrons. The lowest BCUT2D eigenvalue weighted by Gasteiger charge is -2.22. The number of ether oxygens (including phenoxy) is 1. The second-order valence-corrected chi connectivity index (χ2v) is 6.19. The molecule has 1 aromatic carbocycles. The summed E-state index contributed by atoms with van der Waals surface area (Å²) in [5, 5.41) is 5.15. The molecular formula is C18H22N4O4. The Morgan fingerprint density at radius 1 is 1.04 bits per heavy atom. The highest BCUT2D eigenvalue weighted by atomic mass is 16.5. The number of amides is 2. The maximum absolute atomic E-state index is 12.3. The number of esters is 1. The number of hydrogen-bond donors (Lipinski definition) is 2. The normalized spacial score (nSPS) is 13.1. The average Bonchev–Trinajstić information content (AvgIpc) is 2.64. The van der Waals surface area contributed by atoms with E-state index in [1.807, 2.05) is 6.07 Å². The van der Waals surface area contributed by atoms with Gasteiger partial charge in [-0.1, -0.05) is 26.0 Å². The van der Waals surface area contributed by atoms with Crippen LogP contribution in [0.4, 0.5) is 0 Å². The van der Waals surface area contributed by atoms with E-state index in [0.717, 1.165) is 0 Å². The van der Waals surface area contributed by atoms with Crippen LogP contribution in [0.1, 0.15) is 31.3 Å². The number of hydrogen-bond acceptors (Lipinski definition) is 6. The van der Waals surface area contributed by atoms with Gasteiger partial charge in [-0.2, -0.15) is 0 Å². The molecule has 0 radical (unpaired) electrons. The van der Waals surface area contributed by atoms with Gasteiger partial charge in [0.2, 0.25) is 5.91 Å². The topological polar surface area (TPSA) is 110 Å². The lowest BCUT2D eigenvalue weighted by atomic mass is 10.0. The Balaban J connectivity index is 2.04. The lowest BCUT2D eigenvalue weighted by Crippen LogP contribution is -2.52. The van der Waals surface area contributed by atoms with Gasteiger partial charge in [-0.15, -0.1) is 0 Å². The summed E-state index contributed by atoms with van der Waals surface area (Å²) in [4.78, 5) is 44.8. The minimum absolute atomic E-state index is 0.108. The first-order chi connectivity index (χ1) is 12.3. The van der Waals surface area contributed by atoms with Gasteiger partial charge in [0.15, 0.2) is 0 Å². The van der Waals surface area contributed by atoms with Crippen LogP contribution in [0.25, 0.3) is 11.0 Å². The molecule has 0 saturated carbocycles. The minimum Gasteiger partial charge on any atom is -0.467 e. The van der Waals surface area contributed by atoms with E-state index in [1.54, 1.807) is 32.0 Å². The fraction of sp³-hybridized carbons (Fsp3) is 0.389. The highest BCUT2D eigenvalue weighted by molar-refractivity contribution is 5.97. The predicted molar refractivity (Wildman–Crippen MR) is 95.3 cm³/mol. The number of carbonyl (C=O) groups excluding carboxylic acids is 3.